The maximum absolute atomic E-state index is 14.6. The molecule has 3 rings (SSSR count). The van der Waals surface area contributed by atoms with Gasteiger partial charge in [-0.25, -0.2) is 4.39 Å². The number of rotatable bonds is 7. The molecule has 0 amide bonds. The Balaban J connectivity index is 1.64. The fourth-order valence-corrected chi connectivity index (χ4v) is 3.36. The maximum atomic E-state index is 14.6. The van der Waals surface area contributed by atoms with Gasteiger partial charge in [-0.2, -0.15) is 0 Å². The average molecular weight is 388 g/mol. The highest BCUT2D eigenvalue weighted by Gasteiger charge is 2.19. The van der Waals surface area contributed by atoms with E-state index >= 15 is 0 Å². The van der Waals surface area contributed by atoms with Gasteiger partial charge in [0.05, 0.1) is 17.7 Å². The lowest BCUT2D eigenvalue weighted by Crippen LogP contribution is -2.46. The van der Waals surface area contributed by atoms with Crippen molar-refractivity contribution in [2.45, 2.75) is 13.5 Å². The maximum Gasteiger partial charge on any atom is 0.311 e. The molecule has 0 aromatic heterocycles. The van der Waals surface area contributed by atoms with E-state index in [-0.39, 0.29) is 17.3 Å². The number of nitro benzene ring substituents is 1. The summed E-state index contributed by atoms with van der Waals surface area (Å²) in [5, 5.41) is 14.1. The number of nitrogens with one attached hydrogen (secondary N) is 1. The summed E-state index contributed by atoms with van der Waals surface area (Å²) in [5.74, 6) is -0.0479. The molecule has 2 aromatic rings. The Morgan fingerprint density at radius 1 is 1.18 bits per heavy atom. The summed E-state index contributed by atoms with van der Waals surface area (Å²) in [4.78, 5) is 14.9. The first-order valence-electron chi connectivity index (χ1n) is 9.34. The second kappa shape index (κ2) is 8.88. The van der Waals surface area contributed by atoms with E-state index in [4.69, 9.17) is 4.74 Å². The van der Waals surface area contributed by atoms with Crippen molar-refractivity contribution in [3.05, 3.63) is 57.9 Å². The van der Waals surface area contributed by atoms with E-state index < -0.39 is 4.92 Å². The van der Waals surface area contributed by atoms with Gasteiger partial charge in [0.2, 0.25) is 0 Å². The summed E-state index contributed by atoms with van der Waals surface area (Å²) in [5.41, 5.74) is 2.01. The highest BCUT2D eigenvalue weighted by molar-refractivity contribution is 5.58. The van der Waals surface area contributed by atoms with Crippen molar-refractivity contribution in [3.8, 4) is 5.75 Å². The van der Waals surface area contributed by atoms with E-state index in [0.717, 1.165) is 38.3 Å². The van der Waals surface area contributed by atoms with E-state index in [1.165, 1.54) is 19.2 Å². The van der Waals surface area contributed by atoms with Gasteiger partial charge in [0.15, 0.2) is 5.75 Å². The molecule has 0 bridgehead atoms. The molecule has 1 saturated heterocycles. The molecule has 1 heterocycles. The molecule has 1 aliphatic heterocycles. The number of likely N-dealkylation sites (N-methyl/N-ethyl adjacent to an activating group) is 1. The third-order valence-corrected chi connectivity index (χ3v) is 5.05. The van der Waals surface area contributed by atoms with E-state index in [1.54, 1.807) is 12.1 Å². The smallest absolute Gasteiger partial charge is 0.311 e. The minimum atomic E-state index is -0.489. The molecule has 1 N–H and O–H groups in total. The minimum Gasteiger partial charge on any atom is -0.490 e. The van der Waals surface area contributed by atoms with Gasteiger partial charge < -0.3 is 19.9 Å². The fourth-order valence-electron chi connectivity index (χ4n) is 3.36. The second-order valence-electron chi connectivity index (χ2n) is 6.70. The van der Waals surface area contributed by atoms with Gasteiger partial charge in [0, 0.05) is 50.5 Å². The monoisotopic (exact) mass is 388 g/mol. The van der Waals surface area contributed by atoms with Crippen LogP contribution in [0.1, 0.15) is 12.5 Å². The summed E-state index contributed by atoms with van der Waals surface area (Å²) in [6.45, 7) is 7.10. The van der Waals surface area contributed by atoms with Crippen molar-refractivity contribution in [2.75, 3.05) is 50.1 Å². The first kappa shape index (κ1) is 19.9. The first-order chi connectivity index (χ1) is 13.5. The Bertz CT molecular complexity index is 838. The largest absolute Gasteiger partial charge is 0.490 e. The van der Waals surface area contributed by atoms with Gasteiger partial charge in [0.1, 0.15) is 5.82 Å². The molecule has 0 saturated carbocycles. The molecule has 1 aliphatic rings. The van der Waals surface area contributed by atoms with Gasteiger partial charge >= 0.3 is 5.69 Å². The van der Waals surface area contributed by atoms with Crippen LogP contribution in [0.4, 0.5) is 21.5 Å². The number of nitro groups is 1. The number of hydrogen-bond acceptors (Lipinski definition) is 6. The lowest BCUT2D eigenvalue weighted by atomic mass is 10.1. The van der Waals surface area contributed by atoms with Crippen LogP contribution in [0.25, 0.3) is 0 Å². The zero-order valence-electron chi connectivity index (χ0n) is 16.2. The van der Waals surface area contributed by atoms with E-state index in [2.05, 4.69) is 22.0 Å². The molecule has 1 fully saturated rings. The zero-order valence-corrected chi connectivity index (χ0v) is 16.2. The number of hydrogen-bond donors (Lipinski definition) is 1. The average Bonchev–Trinajstić information content (AvgIpc) is 2.72. The first-order valence-corrected chi connectivity index (χ1v) is 9.34. The predicted molar refractivity (Wildman–Crippen MR) is 108 cm³/mol. The second-order valence-corrected chi connectivity index (χ2v) is 6.70. The molecule has 2 aromatic carbocycles. The van der Waals surface area contributed by atoms with Crippen molar-refractivity contribution < 1.29 is 14.1 Å². The number of benzene rings is 2. The van der Waals surface area contributed by atoms with Crippen molar-refractivity contribution in [1.29, 1.82) is 0 Å². The third kappa shape index (κ3) is 4.51. The number of ether oxygens (including phenoxy) is 1. The Morgan fingerprint density at radius 2 is 1.93 bits per heavy atom. The van der Waals surface area contributed by atoms with Crippen LogP contribution in [0, 0.1) is 15.9 Å². The minimum absolute atomic E-state index is 0.0911. The molecule has 150 valence electrons. The highest BCUT2D eigenvalue weighted by atomic mass is 19.1. The number of methoxy groups -OCH3 is 1. The molecule has 8 heteroatoms. The normalized spacial score (nSPS) is 14.8. The van der Waals surface area contributed by atoms with Crippen LogP contribution < -0.4 is 15.0 Å². The van der Waals surface area contributed by atoms with Gasteiger partial charge in [0.25, 0.3) is 0 Å². The van der Waals surface area contributed by atoms with Crippen LogP contribution in [0.3, 0.4) is 0 Å². The quantitative estimate of drug-likeness (QED) is 0.578. The van der Waals surface area contributed by atoms with Crippen LogP contribution in [0.2, 0.25) is 0 Å². The molecule has 28 heavy (non-hydrogen) atoms. The summed E-state index contributed by atoms with van der Waals surface area (Å²) in [6.07, 6.45) is 0. The third-order valence-electron chi connectivity index (χ3n) is 5.05. The van der Waals surface area contributed by atoms with Crippen LogP contribution in [-0.2, 0) is 6.54 Å². The Morgan fingerprint density at radius 3 is 2.54 bits per heavy atom. The molecule has 7 nitrogen and oxygen atoms in total. The summed E-state index contributed by atoms with van der Waals surface area (Å²) < 4.78 is 19.7. The Kier molecular flexibility index (Phi) is 6.30. The topological polar surface area (TPSA) is 70.9 Å². The molecule has 0 spiro atoms. The summed E-state index contributed by atoms with van der Waals surface area (Å²) in [6, 6.07) is 9.83. The van der Waals surface area contributed by atoms with Crippen LogP contribution >= 0.6 is 0 Å². The number of anilines is 2. The number of halogens is 1. The van der Waals surface area contributed by atoms with E-state index in [1.807, 2.05) is 12.1 Å². The van der Waals surface area contributed by atoms with Gasteiger partial charge in [-0.05, 0) is 30.3 Å². The number of nitrogens with zero attached hydrogens (tertiary/aromatic N) is 3. The molecule has 0 atom stereocenters. The van der Waals surface area contributed by atoms with E-state index in [0.29, 0.717) is 17.9 Å². The molecular formula is C20H25FN4O3. The highest BCUT2D eigenvalue weighted by Crippen LogP contribution is 2.30. The van der Waals surface area contributed by atoms with Crippen LogP contribution in [0.5, 0.6) is 5.75 Å². The predicted octanol–water partition coefficient (Wildman–Crippen LogP) is 3.50. The molecule has 0 aliphatic carbocycles. The molecular weight excluding hydrogens is 363 g/mol. The van der Waals surface area contributed by atoms with Gasteiger partial charge in [-0.15, -0.1) is 0 Å². The molecule has 0 unspecified atom stereocenters. The van der Waals surface area contributed by atoms with Crippen molar-refractivity contribution >= 4 is 17.1 Å². The van der Waals surface area contributed by atoms with Crippen molar-refractivity contribution in [2.24, 2.45) is 0 Å². The van der Waals surface area contributed by atoms with Crippen molar-refractivity contribution in [3.63, 3.8) is 0 Å². The Labute approximate surface area is 163 Å². The van der Waals surface area contributed by atoms with Gasteiger partial charge in [-0.3, -0.25) is 10.1 Å². The standard InChI is InChI=1S/C20H25FN4O3/c1-3-23-8-10-24(11-9-23)18-6-4-15(12-17(18)21)14-22-16-5-7-19(25(26)27)20(13-16)28-2/h4-7,12-13,22H,3,8-11,14H2,1-2H3. The fraction of sp³-hybridized carbons (Fsp3) is 0.400. The van der Waals surface area contributed by atoms with Crippen LogP contribution in [-0.4, -0.2) is 49.7 Å². The summed E-state index contributed by atoms with van der Waals surface area (Å²) >= 11 is 0. The van der Waals surface area contributed by atoms with Crippen LogP contribution in [0.15, 0.2) is 36.4 Å². The van der Waals surface area contributed by atoms with Crippen molar-refractivity contribution in [1.82, 2.24) is 4.90 Å². The Hall–Kier alpha value is -2.87. The summed E-state index contributed by atoms with van der Waals surface area (Å²) in [7, 11) is 1.39. The lowest BCUT2D eigenvalue weighted by molar-refractivity contribution is -0.385. The SMILES string of the molecule is CCN1CCN(c2ccc(CNc3ccc([N+](=O)[O-])c(OC)c3)cc2F)CC1. The van der Waals surface area contributed by atoms with E-state index in [9.17, 15) is 14.5 Å². The molecule has 0 radical (unpaired) electrons. The zero-order chi connectivity index (χ0) is 20.1. The van der Waals surface area contributed by atoms with Gasteiger partial charge in [-0.1, -0.05) is 13.0 Å². The lowest BCUT2D eigenvalue weighted by Gasteiger charge is -2.35. The number of piperazine rings is 1.